The van der Waals surface area contributed by atoms with Crippen molar-refractivity contribution in [3.63, 3.8) is 0 Å². The molecule has 11 heteroatoms. The van der Waals surface area contributed by atoms with Gasteiger partial charge in [-0.1, -0.05) is 26.0 Å². The second-order valence-electron chi connectivity index (χ2n) is 8.19. The Bertz CT molecular complexity index is 770. The number of halogens is 5. The number of hydrogen-bond donors (Lipinski definition) is 1. The maximum absolute atomic E-state index is 12.5. The van der Waals surface area contributed by atoms with Crippen LogP contribution in [0.5, 0.6) is 5.75 Å². The van der Waals surface area contributed by atoms with Crippen LogP contribution in [0.1, 0.15) is 38.7 Å². The summed E-state index contributed by atoms with van der Waals surface area (Å²) in [5.41, 5.74) is 0.941. The molecular formula is C21H27F5N2O4. The van der Waals surface area contributed by atoms with Crippen molar-refractivity contribution in [2.45, 2.75) is 64.5 Å². The molecule has 2 heterocycles. The minimum absolute atomic E-state index is 0.144. The van der Waals surface area contributed by atoms with Gasteiger partial charge in [0.15, 0.2) is 0 Å². The van der Waals surface area contributed by atoms with Crippen LogP contribution in [0.3, 0.4) is 0 Å². The lowest BCUT2D eigenvalue weighted by molar-refractivity contribution is -0.192. The van der Waals surface area contributed by atoms with Crippen molar-refractivity contribution < 1.29 is 41.4 Å². The van der Waals surface area contributed by atoms with E-state index in [1.54, 1.807) is 12.1 Å². The molecule has 2 atom stereocenters. The van der Waals surface area contributed by atoms with E-state index >= 15 is 0 Å². The van der Waals surface area contributed by atoms with Gasteiger partial charge in [-0.05, 0) is 43.0 Å². The van der Waals surface area contributed by atoms with Gasteiger partial charge in [0.25, 0.3) is 0 Å². The van der Waals surface area contributed by atoms with E-state index in [0.29, 0.717) is 24.9 Å². The summed E-state index contributed by atoms with van der Waals surface area (Å²) in [6, 6.07) is 7.17. The van der Waals surface area contributed by atoms with Gasteiger partial charge >= 0.3 is 18.8 Å². The summed E-state index contributed by atoms with van der Waals surface area (Å²) in [6.07, 6.45) is -2.32. The lowest BCUT2D eigenvalue weighted by atomic mass is 10.1. The third kappa shape index (κ3) is 7.32. The topological polar surface area (TPSA) is 70.1 Å². The molecule has 3 rings (SSSR count). The molecule has 0 aromatic heterocycles. The van der Waals surface area contributed by atoms with E-state index in [2.05, 4.69) is 23.5 Å². The highest BCUT2D eigenvalue weighted by Crippen LogP contribution is 2.34. The van der Waals surface area contributed by atoms with Gasteiger partial charge in [0.1, 0.15) is 5.75 Å². The number of carbonyl (C=O) groups excluding carboxylic acids is 1. The number of rotatable bonds is 7. The highest BCUT2D eigenvalue weighted by molar-refractivity contribution is 5.80. The zero-order valence-electron chi connectivity index (χ0n) is 17.8. The van der Waals surface area contributed by atoms with Crippen LogP contribution in [0, 0.1) is 5.92 Å². The van der Waals surface area contributed by atoms with Crippen LogP contribution in [0.4, 0.5) is 22.0 Å². The Balaban J connectivity index is 0.000000451. The van der Waals surface area contributed by atoms with Crippen LogP contribution < -0.4 is 4.74 Å². The molecule has 0 saturated carbocycles. The van der Waals surface area contributed by atoms with Gasteiger partial charge in [-0.2, -0.15) is 22.0 Å². The average Bonchev–Trinajstić information content (AvgIpc) is 3.20. The second-order valence-corrected chi connectivity index (χ2v) is 8.19. The number of nitrogens with zero attached hydrogens (tertiary/aromatic N) is 2. The van der Waals surface area contributed by atoms with Gasteiger partial charge in [-0.3, -0.25) is 9.69 Å². The lowest BCUT2D eigenvalue weighted by Gasteiger charge is -2.26. The van der Waals surface area contributed by atoms with Crippen molar-refractivity contribution in [1.82, 2.24) is 9.80 Å². The fourth-order valence-corrected chi connectivity index (χ4v) is 3.89. The Kier molecular flexibility index (Phi) is 8.82. The van der Waals surface area contributed by atoms with Crippen molar-refractivity contribution in [3.05, 3.63) is 29.8 Å². The van der Waals surface area contributed by atoms with E-state index in [9.17, 15) is 26.7 Å². The van der Waals surface area contributed by atoms with E-state index in [0.717, 1.165) is 31.5 Å². The quantitative estimate of drug-likeness (QED) is 0.612. The Morgan fingerprint density at radius 2 is 1.78 bits per heavy atom. The molecule has 2 fully saturated rings. The molecule has 0 aliphatic carbocycles. The number of amides is 1. The molecule has 0 bridgehead atoms. The van der Waals surface area contributed by atoms with Crippen LogP contribution in [0.2, 0.25) is 0 Å². The molecule has 2 saturated heterocycles. The largest absolute Gasteiger partial charge is 0.490 e. The predicted octanol–water partition coefficient (Wildman–Crippen LogP) is 4.14. The first-order chi connectivity index (χ1) is 14.9. The molecule has 0 unspecified atom stereocenters. The number of carboxylic acids is 1. The van der Waals surface area contributed by atoms with Gasteiger partial charge in [0.2, 0.25) is 5.91 Å². The third-order valence-corrected chi connectivity index (χ3v) is 5.47. The van der Waals surface area contributed by atoms with Gasteiger partial charge in [-0.15, -0.1) is 0 Å². The normalized spacial score (nSPS) is 21.0. The van der Waals surface area contributed by atoms with Crippen molar-refractivity contribution in [1.29, 1.82) is 0 Å². The van der Waals surface area contributed by atoms with Crippen LogP contribution in [0.15, 0.2) is 24.3 Å². The van der Waals surface area contributed by atoms with E-state index in [1.165, 1.54) is 12.1 Å². The first-order valence-electron chi connectivity index (χ1n) is 10.3. The molecule has 6 nitrogen and oxygen atoms in total. The number of fused-ring (bicyclic) bond motifs is 1. The van der Waals surface area contributed by atoms with Gasteiger partial charge in [0, 0.05) is 31.6 Å². The van der Waals surface area contributed by atoms with Crippen molar-refractivity contribution >= 4 is 11.9 Å². The zero-order chi connectivity index (χ0) is 24.1. The molecule has 1 amide bonds. The lowest BCUT2D eigenvalue weighted by Crippen LogP contribution is -2.37. The minimum atomic E-state index is -5.08. The Morgan fingerprint density at radius 3 is 2.28 bits per heavy atom. The predicted molar refractivity (Wildman–Crippen MR) is 105 cm³/mol. The monoisotopic (exact) mass is 466 g/mol. The Hall–Kier alpha value is -2.43. The summed E-state index contributed by atoms with van der Waals surface area (Å²) < 4.78 is 60.5. The average molecular weight is 466 g/mol. The fourth-order valence-electron chi connectivity index (χ4n) is 3.89. The molecule has 0 radical (unpaired) electrons. The number of aliphatic carboxylic acids is 1. The second kappa shape index (κ2) is 10.9. The summed E-state index contributed by atoms with van der Waals surface area (Å²) in [5, 5.41) is 7.12. The molecule has 180 valence electrons. The molecule has 0 spiro atoms. The van der Waals surface area contributed by atoms with Gasteiger partial charge < -0.3 is 14.7 Å². The highest BCUT2D eigenvalue weighted by Gasteiger charge is 2.46. The van der Waals surface area contributed by atoms with Crippen molar-refractivity contribution in [2.75, 3.05) is 13.1 Å². The molecule has 1 aromatic rings. The fraction of sp³-hybridized carbons (Fsp3) is 0.619. The van der Waals surface area contributed by atoms with Gasteiger partial charge in [-0.25, -0.2) is 4.79 Å². The number of ether oxygens (including phenoxy) is 1. The molecule has 32 heavy (non-hydrogen) atoms. The summed E-state index contributed by atoms with van der Waals surface area (Å²) >= 11 is 0. The van der Waals surface area contributed by atoms with Crippen LogP contribution in [-0.2, 0) is 16.1 Å². The first kappa shape index (κ1) is 25.8. The molecule has 2 aliphatic heterocycles. The summed E-state index contributed by atoms with van der Waals surface area (Å²) in [4.78, 5) is 25.8. The van der Waals surface area contributed by atoms with Crippen LogP contribution in [0.25, 0.3) is 0 Å². The number of benzene rings is 1. The number of alkyl halides is 5. The van der Waals surface area contributed by atoms with Crippen LogP contribution in [-0.4, -0.2) is 64.7 Å². The maximum Gasteiger partial charge on any atom is 0.490 e. The minimum Gasteiger partial charge on any atom is -0.475 e. The Morgan fingerprint density at radius 1 is 1.19 bits per heavy atom. The van der Waals surface area contributed by atoms with Gasteiger partial charge in [0.05, 0.1) is 0 Å². The van der Waals surface area contributed by atoms with Crippen molar-refractivity contribution in [2.24, 2.45) is 5.92 Å². The SMILES string of the molecule is CC(C)CCN1CC[C@H]2[C@@H]1CC(=O)N2Cc1ccc(OC(F)F)cc1.O=C(O)C(F)(F)F. The standard InChI is InChI=1S/C19H26F2N2O2.C2HF3O2/c1-13(2)7-9-22-10-8-16-17(22)11-18(24)23(16)12-14-3-5-15(6-4-14)25-19(20)21;3-2(4,5)1(6)7/h3-6,13,16-17,19H,7-12H2,1-2H3;(H,6,7)/t16-,17-;/m0./s1. The molecule has 2 aliphatic rings. The maximum atomic E-state index is 12.5. The van der Waals surface area contributed by atoms with E-state index in [4.69, 9.17) is 9.90 Å². The van der Waals surface area contributed by atoms with E-state index in [-0.39, 0.29) is 17.7 Å². The summed E-state index contributed by atoms with van der Waals surface area (Å²) in [5.74, 6) is -1.75. The highest BCUT2D eigenvalue weighted by atomic mass is 19.4. The third-order valence-electron chi connectivity index (χ3n) is 5.47. The molecule has 1 N–H and O–H groups in total. The number of hydrogen-bond acceptors (Lipinski definition) is 4. The number of carbonyl (C=O) groups is 2. The van der Waals surface area contributed by atoms with E-state index < -0.39 is 18.8 Å². The zero-order valence-corrected chi connectivity index (χ0v) is 17.8. The van der Waals surface area contributed by atoms with E-state index in [1.807, 2.05) is 4.90 Å². The van der Waals surface area contributed by atoms with Crippen LogP contribution >= 0.6 is 0 Å². The molecular weight excluding hydrogens is 439 g/mol. The smallest absolute Gasteiger partial charge is 0.475 e. The molecule has 1 aromatic carbocycles. The summed E-state index contributed by atoms with van der Waals surface area (Å²) in [6.45, 7) is 4.27. The number of likely N-dealkylation sites (tertiary alicyclic amines) is 2. The van der Waals surface area contributed by atoms with Crippen molar-refractivity contribution in [3.8, 4) is 5.75 Å². The Labute approximate surface area is 182 Å². The first-order valence-corrected chi connectivity index (χ1v) is 10.3. The summed E-state index contributed by atoms with van der Waals surface area (Å²) in [7, 11) is 0. The number of carboxylic acid groups (broad SMARTS) is 1.